The number of rotatable bonds is 5. The molecule has 0 unspecified atom stereocenters. The van der Waals surface area contributed by atoms with Crippen molar-refractivity contribution in [2.45, 2.75) is 24.7 Å². The first-order valence-electron chi connectivity index (χ1n) is 8.38. The fraction of sp³-hybridized carbons (Fsp3) is 0.353. The van der Waals surface area contributed by atoms with Crippen LogP contribution in [0.5, 0.6) is 0 Å². The fourth-order valence-corrected chi connectivity index (χ4v) is 3.20. The first-order valence-corrected chi connectivity index (χ1v) is 8.76. The van der Waals surface area contributed by atoms with E-state index in [1.54, 1.807) is 24.3 Å². The lowest BCUT2D eigenvalue weighted by molar-refractivity contribution is 0.00446. The number of nitrogens with one attached hydrogen (secondary N) is 1. The minimum Gasteiger partial charge on any atom is -0.396 e. The number of anilines is 2. The highest BCUT2D eigenvalue weighted by atomic mass is 35.5. The maximum atomic E-state index is 10.2. The molecule has 1 heterocycles. The second-order valence-corrected chi connectivity index (χ2v) is 6.67. The van der Waals surface area contributed by atoms with E-state index in [9.17, 15) is 15.3 Å². The lowest BCUT2D eigenvalue weighted by atomic mass is 10.1. The van der Waals surface area contributed by atoms with Crippen LogP contribution in [0.25, 0.3) is 4.85 Å². The highest BCUT2D eigenvalue weighted by molar-refractivity contribution is 6.32. The Balaban J connectivity index is 1.90. The van der Waals surface area contributed by atoms with Gasteiger partial charge in [0.05, 0.1) is 24.4 Å². The normalized spacial score (nSPS) is 24.4. The van der Waals surface area contributed by atoms with E-state index in [-0.39, 0.29) is 29.2 Å². The lowest BCUT2D eigenvalue weighted by Crippen LogP contribution is -2.35. The largest absolute Gasteiger partial charge is 0.396 e. The van der Waals surface area contributed by atoms with Crippen LogP contribution in [0.2, 0.25) is 5.15 Å². The molecule has 1 aliphatic rings. The van der Waals surface area contributed by atoms with Crippen molar-refractivity contribution in [1.29, 1.82) is 0 Å². The Morgan fingerprint density at radius 3 is 2.75 bits per heavy atom. The van der Waals surface area contributed by atoms with Crippen molar-refractivity contribution >= 4 is 40.4 Å². The molecule has 28 heavy (non-hydrogen) atoms. The number of aliphatic hydroxyl groups excluding tert-OH is 3. The van der Waals surface area contributed by atoms with Crippen LogP contribution in [0.3, 0.4) is 0 Å². The number of nitrogens with two attached hydrogens (primary N) is 1. The highest BCUT2D eigenvalue weighted by Gasteiger charge is 2.41. The molecule has 0 saturated heterocycles. The van der Waals surface area contributed by atoms with Crippen LogP contribution < -0.4 is 11.1 Å². The van der Waals surface area contributed by atoms with Crippen LogP contribution >= 0.6 is 11.6 Å². The van der Waals surface area contributed by atoms with Gasteiger partial charge in [-0.2, -0.15) is 15.1 Å². The summed E-state index contributed by atoms with van der Waals surface area (Å²) in [5.74, 6) is -0.436. The summed E-state index contributed by atoms with van der Waals surface area (Å²) in [5, 5.41) is 40.5. The molecule has 0 bridgehead atoms. The van der Waals surface area contributed by atoms with Gasteiger partial charge in [-0.3, -0.25) is 0 Å². The summed E-state index contributed by atoms with van der Waals surface area (Å²) in [7, 11) is 0. The minimum absolute atomic E-state index is 0.0492. The van der Waals surface area contributed by atoms with Gasteiger partial charge in [-0.15, -0.1) is 5.11 Å². The molecule has 1 saturated carbocycles. The van der Waals surface area contributed by atoms with E-state index >= 15 is 0 Å². The third-order valence-corrected chi connectivity index (χ3v) is 4.71. The maximum Gasteiger partial charge on any atom is 0.223 e. The molecule has 0 radical (unpaired) electrons. The number of benzene rings is 1. The molecule has 146 valence electrons. The van der Waals surface area contributed by atoms with Gasteiger partial charge in [0.1, 0.15) is 6.10 Å². The molecule has 3 rings (SSSR count). The van der Waals surface area contributed by atoms with Crippen LogP contribution in [0.1, 0.15) is 6.42 Å². The SMILES string of the molecule is [C-]#[N+]c1cccc(N=Nc2c(Cl)nc(N)nc2N[C@@H]2C[C@H](CO)[C@@H](O)[C@H]2O)c1. The van der Waals surface area contributed by atoms with Crippen molar-refractivity contribution in [1.82, 2.24) is 9.97 Å². The highest BCUT2D eigenvalue weighted by Crippen LogP contribution is 2.36. The van der Waals surface area contributed by atoms with Crippen LogP contribution in [0.4, 0.5) is 28.8 Å². The molecule has 4 atom stereocenters. The Morgan fingerprint density at radius 1 is 1.29 bits per heavy atom. The smallest absolute Gasteiger partial charge is 0.223 e. The predicted molar refractivity (Wildman–Crippen MR) is 103 cm³/mol. The van der Waals surface area contributed by atoms with E-state index in [0.717, 1.165) is 0 Å². The molecule has 0 amide bonds. The maximum absolute atomic E-state index is 10.2. The minimum atomic E-state index is -1.12. The summed E-state index contributed by atoms with van der Waals surface area (Å²) in [5.41, 5.74) is 6.60. The summed E-state index contributed by atoms with van der Waals surface area (Å²) in [6, 6.07) is 5.94. The number of azo groups is 1. The van der Waals surface area contributed by atoms with Gasteiger partial charge in [-0.1, -0.05) is 23.7 Å². The Morgan fingerprint density at radius 2 is 2.07 bits per heavy atom. The van der Waals surface area contributed by atoms with Crippen molar-refractivity contribution < 1.29 is 15.3 Å². The predicted octanol–water partition coefficient (Wildman–Crippen LogP) is 2.19. The molecule has 11 heteroatoms. The average molecular weight is 404 g/mol. The summed E-state index contributed by atoms with van der Waals surface area (Å²) < 4.78 is 0. The molecule has 10 nitrogen and oxygen atoms in total. The van der Waals surface area contributed by atoms with Crippen molar-refractivity contribution in [3.05, 3.63) is 40.8 Å². The van der Waals surface area contributed by atoms with Crippen molar-refractivity contribution in [3.63, 3.8) is 0 Å². The fourth-order valence-electron chi connectivity index (χ4n) is 2.99. The zero-order valence-electron chi connectivity index (χ0n) is 14.6. The first-order chi connectivity index (χ1) is 13.4. The van der Waals surface area contributed by atoms with Gasteiger partial charge < -0.3 is 26.4 Å². The van der Waals surface area contributed by atoms with Crippen LogP contribution in [0, 0.1) is 12.5 Å². The van der Waals surface area contributed by atoms with Crippen molar-refractivity contribution in [2.24, 2.45) is 16.1 Å². The summed E-state index contributed by atoms with van der Waals surface area (Å²) in [6.45, 7) is 6.79. The van der Waals surface area contributed by atoms with Gasteiger partial charge in [-0.25, -0.2) is 4.85 Å². The van der Waals surface area contributed by atoms with Crippen LogP contribution in [-0.4, -0.2) is 50.1 Å². The molecular formula is C17H18ClN7O3. The number of aliphatic hydroxyl groups is 3. The second-order valence-electron chi connectivity index (χ2n) is 6.31. The Hall–Kier alpha value is -2.84. The van der Waals surface area contributed by atoms with E-state index in [4.69, 9.17) is 23.9 Å². The number of halogens is 1. The first kappa shape index (κ1) is 19.9. The zero-order chi connectivity index (χ0) is 20.3. The van der Waals surface area contributed by atoms with Crippen molar-refractivity contribution in [2.75, 3.05) is 17.7 Å². The number of hydrogen-bond acceptors (Lipinski definition) is 9. The quantitative estimate of drug-likeness (QED) is 0.291. The van der Waals surface area contributed by atoms with E-state index in [2.05, 4.69) is 30.4 Å². The summed E-state index contributed by atoms with van der Waals surface area (Å²) >= 11 is 6.14. The van der Waals surface area contributed by atoms with E-state index < -0.39 is 24.2 Å². The summed E-state index contributed by atoms with van der Waals surface area (Å²) in [4.78, 5) is 11.3. The average Bonchev–Trinajstić information content (AvgIpc) is 2.95. The van der Waals surface area contributed by atoms with Gasteiger partial charge in [0.15, 0.2) is 22.3 Å². The lowest BCUT2D eigenvalue weighted by Gasteiger charge is -2.19. The molecule has 1 aliphatic carbocycles. The number of nitrogen functional groups attached to an aromatic ring is 1. The van der Waals surface area contributed by atoms with Gasteiger partial charge >= 0.3 is 0 Å². The molecule has 1 aromatic carbocycles. The van der Waals surface area contributed by atoms with Crippen LogP contribution in [-0.2, 0) is 0 Å². The molecule has 0 spiro atoms. The van der Waals surface area contributed by atoms with Gasteiger partial charge in [0, 0.05) is 12.5 Å². The Labute approximate surface area is 165 Å². The van der Waals surface area contributed by atoms with E-state index in [1.807, 2.05) is 0 Å². The van der Waals surface area contributed by atoms with E-state index in [1.165, 1.54) is 0 Å². The van der Waals surface area contributed by atoms with Gasteiger partial charge in [0.25, 0.3) is 0 Å². The standard InChI is InChI=1S/C17H18ClN7O3/c1-20-9-3-2-4-10(6-9)24-25-12-15(18)22-17(19)23-16(12)21-11-5-8(7-26)13(27)14(11)28/h2-4,6,8,11,13-14,26-28H,5,7H2,(H3,19,21,22,23)/t8-,11-,13-,14+/m1/s1. The molecular weight excluding hydrogens is 386 g/mol. The van der Waals surface area contributed by atoms with Crippen LogP contribution in [0.15, 0.2) is 34.5 Å². The number of nitrogens with zero attached hydrogens (tertiary/aromatic N) is 5. The molecule has 6 N–H and O–H groups in total. The Kier molecular flexibility index (Phi) is 6.01. The number of aromatic nitrogens is 2. The van der Waals surface area contributed by atoms with Gasteiger partial charge in [0.2, 0.25) is 5.95 Å². The molecule has 2 aromatic rings. The van der Waals surface area contributed by atoms with Crippen molar-refractivity contribution in [3.8, 4) is 0 Å². The molecule has 1 aromatic heterocycles. The molecule has 1 fully saturated rings. The molecule has 0 aliphatic heterocycles. The third-order valence-electron chi connectivity index (χ3n) is 4.44. The number of hydrogen-bond donors (Lipinski definition) is 5. The zero-order valence-corrected chi connectivity index (χ0v) is 15.3. The van der Waals surface area contributed by atoms with Gasteiger partial charge in [-0.05, 0) is 18.6 Å². The topological polar surface area (TPSA) is 154 Å². The summed E-state index contributed by atoms with van der Waals surface area (Å²) in [6.07, 6.45) is -1.88. The van der Waals surface area contributed by atoms with E-state index in [0.29, 0.717) is 17.8 Å². The second kappa shape index (κ2) is 8.45. The Bertz CT molecular complexity index is 933. The third kappa shape index (κ3) is 4.18. The monoisotopic (exact) mass is 403 g/mol.